The van der Waals surface area contributed by atoms with Gasteiger partial charge in [-0.25, -0.2) is 8.42 Å². The van der Waals surface area contributed by atoms with Crippen molar-refractivity contribution < 1.29 is 8.42 Å². The maximum Gasteiger partial charge on any atom is 0.253 e. The van der Waals surface area contributed by atoms with E-state index < -0.39 is 10.0 Å². The Balaban J connectivity index is 0. The van der Waals surface area contributed by atoms with Crippen molar-refractivity contribution in [2.45, 2.75) is 4.90 Å². The standard InChI is InChI=1S/C6H8N2O2S.C2H7N.ClH/c7-8-11(9,10)6-4-2-1-3-5-6;1-3-2;/h1-5,8H,7H2;3H,1-2H3;1H. The van der Waals surface area contributed by atoms with E-state index in [1.165, 1.54) is 12.1 Å². The molecule has 15 heavy (non-hydrogen) atoms. The van der Waals surface area contributed by atoms with Gasteiger partial charge in [-0.3, -0.25) is 5.84 Å². The third kappa shape index (κ3) is 6.43. The lowest BCUT2D eigenvalue weighted by atomic mass is 10.4. The van der Waals surface area contributed by atoms with Gasteiger partial charge in [-0.05, 0) is 26.2 Å². The number of nitrogens with one attached hydrogen (secondary N) is 2. The van der Waals surface area contributed by atoms with Crippen molar-refractivity contribution in [2.24, 2.45) is 5.84 Å². The Bertz CT molecular complexity index is 342. The fourth-order valence-electron chi connectivity index (χ4n) is 0.668. The van der Waals surface area contributed by atoms with Crippen LogP contribution in [0.1, 0.15) is 0 Å². The van der Waals surface area contributed by atoms with Gasteiger partial charge in [-0.15, -0.1) is 12.4 Å². The zero-order valence-electron chi connectivity index (χ0n) is 8.60. The van der Waals surface area contributed by atoms with Gasteiger partial charge in [-0.2, -0.15) is 4.83 Å². The van der Waals surface area contributed by atoms with E-state index in [1.807, 2.05) is 14.1 Å². The van der Waals surface area contributed by atoms with Gasteiger partial charge in [0.15, 0.2) is 0 Å². The normalized spacial score (nSPS) is 9.53. The first-order valence-corrected chi connectivity index (χ1v) is 5.42. The summed E-state index contributed by atoms with van der Waals surface area (Å²) in [6.45, 7) is 0. The second kappa shape index (κ2) is 8.63. The summed E-state index contributed by atoms with van der Waals surface area (Å²) < 4.78 is 21.9. The summed E-state index contributed by atoms with van der Waals surface area (Å²) in [5.41, 5.74) is 0. The second-order valence-corrected chi connectivity index (χ2v) is 4.15. The van der Waals surface area contributed by atoms with Crippen LogP contribution in [0.2, 0.25) is 0 Å². The van der Waals surface area contributed by atoms with Crippen LogP contribution in [0, 0.1) is 0 Å². The first-order chi connectivity index (χ1) is 6.58. The molecule has 0 unspecified atom stereocenters. The van der Waals surface area contributed by atoms with Gasteiger partial charge in [0.25, 0.3) is 10.0 Å². The molecule has 0 atom stereocenters. The molecule has 0 fully saturated rings. The molecule has 0 aliphatic rings. The molecule has 0 aliphatic heterocycles. The summed E-state index contributed by atoms with van der Waals surface area (Å²) in [6.07, 6.45) is 0. The number of benzene rings is 1. The molecule has 88 valence electrons. The average Bonchev–Trinajstić information content (AvgIpc) is 2.20. The molecule has 1 rings (SSSR count). The maximum atomic E-state index is 11.0. The summed E-state index contributed by atoms with van der Waals surface area (Å²) in [5.74, 6) is 4.80. The first kappa shape index (κ1) is 16.8. The predicted octanol–water partition coefficient (Wildman–Crippen LogP) is 0.0960. The molecule has 0 aliphatic carbocycles. The van der Waals surface area contributed by atoms with Crippen LogP contribution in [-0.4, -0.2) is 22.5 Å². The van der Waals surface area contributed by atoms with Gasteiger partial charge in [0.2, 0.25) is 0 Å². The third-order valence-corrected chi connectivity index (χ3v) is 2.41. The smallest absolute Gasteiger partial charge is 0.253 e. The number of hydrazine groups is 1. The van der Waals surface area contributed by atoms with Crippen molar-refractivity contribution in [1.82, 2.24) is 10.1 Å². The quantitative estimate of drug-likeness (QED) is 0.516. The fourth-order valence-corrected chi connectivity index (χ4v) is 1.32. The van der Waals surface area contributed by atoms with Gasteiger partial charge < -0.3 is 5.32 Å². The zero-order chi connectivity index (χ0) is 11.0. The molecular weight excluding hydrogens is 238 g/mol. The van der Waals surface area contributed by atoms with Crippen LogP contribution in [0.4, 0.5) is 0 Å². The van der Waals surface area contributed by atoms with Crippen LogP contribution in [-0.2, 0) is 10.0 Å². The Morgan fingerprint density at radius 1 is 1.13 bits per heavy atom. The first-order valence-electron chi connectivity index (χ1n) is 3.94. The Morgan fingerprint density at radius 2 is 1.53 bits per heavy atom. The van der Waals surface area contributed by atoms with Crippen molar-refractivity contribution in [1.29, 1.82) is 0 Å². The Morgan fingerprint density at radius 3 is 1.87 bits per heavy atom. The van der Waals surface area contributed by atoms with E-state index in [-0.39, 0.29) is 17.3 Å². The van der Waals surface area contributed by atoms with Crippen molar-refractivity contribution in [3.05, 3.63) is 30.3 Å². The van der Waals surface area contributed by atoms with Gasteiger partial charge in [0.1, 0.15) is 0 Å². The van der Waals surface area contributed by atoms with E-state index in [1.54, 1.807) is 23.0 Å². The van der Waals surface area contributed by atoms with Crippen LogP contribution >= 0.6 is 12.4 Å². The molecule has 0 bridgehead atoms. The lowest BCUT2D eigenvalue weighted by molar-refractivity contribution is 0.584. The highest BCUT2D eigenvalue weighted by Crippen LogP contribution is 2.04. The number of halogens is 1. The minimum absolute atomic E-state index is 0. The topological polar surface area (TPSA) is 84.2 Å². The van der Waals surface area contributed by atoms with Gasteiger partial charge in [0, 0.05) is 0 Å². The van der Waals surface area contributed by atoms with E-state index in [0.717, 1.165) is 0 Å². The highest BCUT2D eigenvalue weighted by Gasteiger charge is 2.08. The van der Waals surface area contributed by atoms with E-state index >= 15 is 0 Å². The van der Waals surface area contributed by atoms with Crippen LogP contribution in [0.15, 0.2) is 35.2 Å². The molecule has 0 radical (unpaired) electrons. The molecular formula is C8H16ClN3O2S. The van der Waals surface area contributed by atoms with Gasteiger partial charge in [0.05, 0.1) is 4.90 Å². The molecule has 0 saturated carbocycles. The summed E-state index contributed by atoms with van der Waals surface area (Å²) in [5, 5.41) is 2.75. The van der Waals surface area contributed by atoms with E-state index in [9.17, 15) is 8.42 Å². The Labute approximate surface area is 96.5 Å². The lowest BCUT2D eigenvalue weighted by Gasteiger charge is -1.99. The summed E-state index contributed by atoms with van der Waals surface area (Å²) in [7, 11) is 0.280. The van der Waals surface area contributed by atoms with Crippen molar-refractivity contribution in [2.75, 3.05) is 14.1 Å². The van der Waals surface area contributed by atoms with Crippen LogP contribution in [0.3, 0.4) is 0 Å². The van der Waals surface area contributed by atoms with Crippen molar-refractivity contribution >= 4 is 22.4 Å². The summed E-state index contributed by atoms with van der Waals surface area (Å²) in [6, 6.07) is 7.92. The number of sulfonamides is 1. The van der Waals surface area contributed by atoms with Crippen LogP contribution < -0.4 is 16.0 Å². The van der Waals surface area contributed by atoms with Gasteiger partial charge in [-0.1, -0.05) is 18.2 Å². The monoisotopic (exact) mass is 253 g/mol. The molecule has 1 aromatic rings. The van der Waals surface area contributed by atoms with Crippen molar-refractivity contribution in [3.63, 3.8) is 0 Å². The molecule has 0 spiro atoms. The largest absolute Gasteiger partial charge is 0.323 e. The molecule has 1 aromatic carbocycles. The Hall–Kier alpha value is -0.660. The predicted molar refractivity (Wildman–Crippen MR) is 63.2 cm³/mol. The molecule has 4 N–H and O–H groups in total. The molecule has 0 heterocycles. The maximum absolute atomic E-state index is 11.0. The molecule has 7 heteroatoms. The third-order valence-electron chi connectivity index (χ3n) is 1.21. The lowest BCUT2D eigenvalue weighted by Crippen LogP contribution is -2.30. The highest BCUT2D eigenvalue weighted by atomic mass is 35.5. The zero-order valence-corrected chi connectivity index (χ0v) is 10.2. The SMILES string of the molecule is CNC.Cl.NNS(=O)(=O)c1ccccc1. The van der Waals surface area contributed by atoms with E-state index in [0.29, 0.717) is 0 Å². The van der Waals surface area contributed by atoms with Crippen LogP contribution in [0.25, 0.3) is 0 Å². The minimum atomic E-state index is -3.47. The molecule has 5 nitrogen and oxygen atoms in total. The molecule has 0 aromatic heterocycles. The average molecular weight is 254 g/mol. The van der Waals surface area contributed by atoms with Crippen LogP contribution in [0.5, 0.6) is 0 Å². The number of hydrogen-bond donors (Lipinski definition) is 3. The molecule has 0 saturated heterocycles. The van der Waals surface area contributed by atoms with Crippen molar-refractivity contribution in [3.8, 4) is 0 Å². The summed E-state index contributed by atoms with van der Waals surface area (Å²) >= 11 is 0. The minimum Gasteiger partial charge on any atom is -0.323 e. The number of hydrogen-bond acceptors (Lipinski definition) is 4. The molecule has 0 amide bonds. The second-order valence-electron chi connectivity index (χ2n) is 2.43. The number of nitrogens with two attached hydrogens (primary N) is 1. The number of rotatable bonds is 2. The van der Waals surface area contributed by atoms with Gasteiger partial charge >= 0.3 is 0 Å². The Kier molecular flexibility index (Phi) is 9.64. The van der Waals surface area contributed by atoms with E-state index in [4.69, 9.17) is 5.84 Å². The fraction of sp³-hybridized carbons (Fsp3) is 0.250. The highest BCUT2D eigenvalue weighted by molar-refractivity contribution is 7.89. The van der Waals surface area contributed by atoms with E-state index in [2.05, 4.69) is 5.32 Å². The summed E-state index contributed by atoms with van der Waals surface area (Å²) in [4.78, 5) is 1.90.